The first-order valence-corrected chi connectivity index (χ1v) is 8.44. The fraction of sp³-hybridized carbons (Fsp3) is 0.150. The lowest BCUT2D eigenvalue weighted by molar-refractivity contribution is -0.127. The van der Waals surface area contributed by atoms with Gasteiger partial charge in [0.25, 0.3) is 5.91 Å². The van der Waals surface area contributed by atoms with Crippen molar-refractivity contribution in [2.24, 2.45) is 0 Å². The normalized spacial score (nSPS) is 11.6. The van der Waals surface area contributed by atoms with Crippen LogP contribution in [-0.4, -0.2) is 29.0 Å². The van der Waals surface area contributed by atoms with E-state index in [1.54, 1.807) is 12.1 Å². The van der Waals surface area contributed by atoms with Crippen molar-refractivity contribution in [1.29, 1.82) is 0 Å². The third kappa shape index (κ3) is 4.52. The number of ether oxygens (including phenoxy) is 1. The molecule has 1 heterocycles. The van der Waals surface area contributed by atoms with Crippen LogP contribution < -0.4 is 10.6 Å². The molecule has 0 spiro atoms. The van der Waals surface area contributed by atoms with Gasteiger partial charge in [0.05, 0.1) is 5.56 Å². The zero-order valence-corrected chi connectivity index (χ0v) is 14.7. The highest BCUT2D eigenvalue weighted by Gasteiger charge is 2.22. The number of benzene rings is 2. The van der Waals surface area contributed by atoms with Crippen LogP contribution >= 0.6 is 0 Å². The molecular formula is C20H19N3O4. The summed E-state index contributed by atoms with van der Waals surface area (Å²) in [4.78, 5) is 39.2. The van der Waals surface area contributed by atoms with E-state index >= 15 is 0 Å². The van der Waals surface area contributed by atoms with Gasteiger partial charge in [-0.25, -0.2) is 9.59 Å². The maximum absolute atomic E-state index is 12.3. The van der Waals surface area contributed by atoms with Crippen molar-refractivity contribution in [3.8, 4) is 0 Å². The second-order valence-corrected chi connectivity index (χ2v) is 5.95. The summed E-state index contributed by atoms with van der Waals surface area (Å²) in [5.74, 6) is -1.34. The zero-order chi connectivity index (χ0) is 19.2. The Kier molecular flexibility index (Phi) is 5.51. The number of aromatic amines is 1. The fourth-order valence-corrected chi connectivity index (χ4v) is 2.55. The molecule has 2 aromatic carbocycles. The van der Waals surface area contributed by atoms with E-state index in [2.05, 4.69) is 15.6 Å². The number of urea groups is 1. The molecule has 3 rings (SSSR count). The molecule has 3 amide bonds. The molecular weight excluding hydrogens is 346 g/mol. The molecule has 0 saturated heterocycles. The van der Waals surface area contributed by atoms with Gasteiger partial charge in [-0.3, -0.25) is 10.1 Å². The smallest absolute Gasteiger partial charge is 0.341 e. The molecule has 1 atom stereocenters. The minimum atomic E-state index is -1.12. The summed E-state index contributed by atoms with van der Waals surface area (Å²) in [6.45, 7) is 1.69. The molecule has 0 unspecified atom stereocenters. The Morgan fingerprint density at radius 3 is 2.52 bits per heavy atom. The fourth-order valence-electron chi connectivity index (χ4n) is 2.55. The second-order valence-electron chi connectivity index (χ2n) is 5.95. The monoisotopic (exact) mass is 365 g/mol. The second kappa shape index (κ2) is 8.18. The van der Waals surface area contributed by atoms with E-state index in [0.717, 1.165) is 11.1 Å². The summed E-state index contributed by atoms with van der Waals surface area (Å²) < 4.78 is 5.18. The Bertz CT molecular complexity index is 966. The Labute approximate surface area is 155 Å². The first kappa shape index (κ1) is 18.2. The number of carbonyl (C=O) groups excluding carboxylic acids is 3. The lowest BCUT2D eigenvalue weighted by Gasteiger charge is -2.13. The minimum absolute atomic E-state index is 0.281. The van der Waals surface area contributed by atoms with Gasteiger partial charge in [-0.15, -0.1) is 0 Å². The van der Waals surface area contributed by atoms with Gasteiger partial charge in [0.2, 0.25) is 0 Å². The number of hydrogen-bond acceptors (Lipinski definition) is 4. The van der Waals surface area contributed by atoms with Crippen molar-refractivity contribution < 1.29 is 19.1 Å². The molecule has 0 fully saturated rings. The summed E-state index contributed by atoms with van der Waals surface area (Å²) in [6.07, 6.45) is 0.415. The first-order valence-electron chi connectivity index (χ1n) is 8.44. The summed E-state index contributed by atoms with van der Waals surface area (Å²) in [5, 5.41) is 5.44. The standard InChI is InChI=1S/C20H19N3O4/c1-13(18(24)23-20(26)22-11-14-7-3-2-4-8-14)27-19(25)16-12-21-17-10-6-5-9-15(16)17/h2-10,12-13,21H,11H2,1H3,(H2,22,23,24,26)/t13-/m1/s1. The number of imide groups is 1. The number of rotatable bonds is 5. The lowest BCUT2D eigenvalue weighted by atomic mass is 10.2. The number of hydrogen-bond donors (Lipinski definition) is 3. The highest BCUT2D eigenvalue weighted by molar-refractivity contribution is 6.05. The van der Waals surface area contributed by atoms with Crippen molar-refractivity contribution in [2.75, 3.05) is 0 Å². The summed E-state index contributed by atoms with van der Waals surface area (Å²) in [7, 11) is 0. The van der Waals surface area contributed by atoms with Crippen LogP contribution in [0.3, 0.4) is 0 Å². The molecule has 1 aromatic heterocycles. The van der Waals surface area contributed by atoms with E-state index in [1.807, 2.05) is 42.5 Å². The van der Waals surface area contributed by atoms with E-state index in [1.165, 1.54) is 13.1 Å². The quantitative estimate of drug-likeness (QED) is 0.605. The molecule has 3 N–H and O–H groups in total. The number of para-hydroxylation sites is 1. The molecule has 0 aliphatic heterocycles. The largest absolute Gasteiger partial charge is 0.449 e. The molecule has 27 heavy (non-hydrogen) atoms. The van der Waals surface area contributed by atoms with Crippen LogP contribution in [0.5, 0.6) is 0 Å². The predicted octanol–water partition coefficient (Wildman–Crippen LogP) is 2.74. The maximum Gasteiger partial charge on any atom is 0.341 e. The molecule has 0 bridgehead atoms. The van der Waals surface area contributed by atoms with Crippen LogP contribution in [-0.2, 0) is 16.1 Å². The van der Waals surface area contributed by atoms with Gasteiger partial charge in [0, 0.05) is 23.6 Å². The average Bonchev–Trinajstić information content (AvgIpc) is 3.11. The van der Waals surface area contributed by atoms with Gasteiger partial charge in [-0.05, 0) is 18.6 Å². The average molecular weight is 365 g/mol. The minimum Gasteiger partial charge on any atom is -0.449 e. The van der Waals surface area contributed by atoms with Gasteiger partial charge < -0.3 is 15.0 Å². The number of H-pyrrole nitrogens is 1. The maximum atomic E-state index is 12.3. The molecule has 0 aliphatic rings. The van der Waals surface area contributed by atoms with Crippen molar-refractivity contribution in [1.82, 2.24) is 15.6 Å². The van der Waals surface area contributed by atoms with E-state index < -0.39 is 24.0 Å². The Morgan fingerprint density at radius 1 is 1.04 bits per heavy atom. The molecule has 138 valence electrons. The zero-order valence-electron chi connectivity index (χ0n) is 14.7. The molecule has 3 aromatic rings. The summed E-state index contributed by atoms with van der Waals surface area (Å²) in [6, 6.07) is 15.9. The van der Waals surface area contributed by atoms with Gasteiger partial charge in [-0.2, -0.15) is 0 Å². The predicted molar refractivity (Wildman–Crippen MR) is 100.0 cm³/mol. The third-order valence-electron chi connectivity index (χ3n) is 3.99. The number of carbonyl (C=O) groups is 3. The van der Waals surface area contributed by atoms with Crippen molar-refractivity contribution in [3.05, 3.63) is 71.9 Å². The number of esters is 1. The summed E-state index contributed by atoms with van der Waals surface area (Å²) in [5.41, 5.74) is 2.03. The summed E-state index contributed by atoms with van der Waals surface area (Å²) >= 11 is 0. The third-order valence-corrected chi connectivity index (χ3v) is 3.99. The number of aromatic nitrogens is 1. The Hall–Kier alpha value is -3.61. The SMILES string of the molecule is C[C@@H](OC(=O)c1c[nH]c2ccccc12)C(=O)NC(=O)NCc1ccccc1. The van der Waals surface area contributed by atoms with Crippen LogP contribution in [0.15, 0.2) is 60.8 Å². The molecule has 7 nitrogen and oxygen atoms in total. The first-order chi connectivity index (χ1) is 13.0. The van der Waals surface area contributed by atoms with E-state index in [4.69, 9.17) is 4.74 Å². The number of amides is 3. The number of nitrogens with one attached hydrogen (secondary N) is 3. The van der Waals surface area contributed by atoms with Crippen LogP contribution in [0, 0.1) is 0 Å². The highest BCUT2D eigenvalue weighted by Crippen LogP contribution is 2.18. The Balaban J connectivity index is 1.52. The van der Waals surface area contributed by atoms with Crippen molar-refractivity contribution in [3.63, 3.8) is 0 Å². The number of fused-ring (bicyclic) bond motifs is 1. The molecule has 0 radical (unpaired) electrons. The van der Waals surface area contributed by atoms with Crippen LogP contribution in [0.1, 0.15) is 22.8 Å². The Morgan fingerprint density at radius 2 is 1.74 bits per heavy atom. The van der Waals surface area contributed by atoms with Gasteiger partial charge in [-0.1, -0.05) is 48.5 Å². The van der Waals surface area contributed by atoms with E-state index in [9.17, 15) is 14.4 Å². The highest BCUT2D eigenvalue weighted by atomic mass is 16.5. The van der Waals surface area contributed by atoms with Gasteiger partial charge in [0.1, 0.15) is 0 Å². The molecule has 0 saturated carbocycles. The topological polar surface area (TPSA) is 100 Å². The van der Waals surface area contributed by atoms with Gasteiger partial charge >= 0.3 is 12.0 Å². The van der Waals surface area contributed by atoms with E-state index in [0.29, 0.717) is 10.9 Å². The van der Waals surface area contributed by atoms with Gasteiger partial charge in [0.15, 0.2) is 6.10 Å². The van der Waals surface area contributed by atoms with Crippen LogP contribution in [0.4, 0.5) is 4.79 Å². The van der Waals surface area contributed by atoms with Crippen molar-refractivity contribution >= 4 is 28.8 Å². The van der Waals surface area contributed by atoms with Crippen LogP contribution in [0.25, 0.3) is 10.9 Å². The van der Waals surface area contributed by atoms with Crippen LogP contribution in [0.2, 0.25) is 0 Å². The molecule has 0 aliphatic carbocycles. The van der Waals surface area contributed by atoms with Crippen molar-refractivity contribution in [2.45, 2.75) is 19.6 Å². The lowest BCUT2D eigenvalue weighted by Crippen LogP contribution is -2.44. The molecule has 7 heteroatoms. The van der Waals surface area contributed by atoms with E-state index in [-0.39, 0.29) is 6.54 Å².